The summed E-state index contributed by atoms with van der Waals surface area (Å²) in [6, 6.07) is 0. The summed E-state index contributed by atoms with van der Waals surface area (Å²) in [6.07, 6.45) is 2.84. The molecule has 0 aromatic carbocycles. The minimum atomic E-state index is -0.509. The number of nitrogens with zero attached hydrogens (tertiary/aromatic N) is 1. The maximum absolute atomic E-state index is 11.7. The molecule has 1 amide bonds. The molecule has 0 bridgehead atoms. The fourth-order valence-corrected chi connectivity index (χ4v) is 1.18. The Labute approximate surface area is 95.5 Å². The van der Waals surface area contributed by atoms with Crippen molar-refractivity contribution in [2.75, 3.05) is 13.7 Å². The summed E-state index contributed by atoms with van der Waals surface area (Å²) in [4.78, 5) is 13.1. The van der Waals surface area contributed by atoms with Gasteiger partial charge in [-0.05, 0) is 26.8 Å². The van der Waals surface area contributed by atoms with Crippen molar-refractivity contribution in [1.82, 2.24) is 4.90 Å². The summed E-state index contributed by atoms with van der Waals surface area (Å²) < 4.78 is 10.3. The first-order chi connectivity index (χ1) is 7.33. The second-order valence-corrected chi connectivity index (χ2v) is 4.49. The third kappa shape index (κ3) is 3.18. The first-order valence-corrected chi connectivity index (χ1v) is 5.05. The molecule has 5 nitrogen and oxygen atoms in total. The van der Waals surface area contributed by atoms with Crippen LogP contribution in [0, 0.1) is 0 Å². The molecule has 16 heavy (non-hydrogen) atoms. The molecule has 2 N–H and O–H groups in total. The van der Waals surface area contributed by atoms with Crippen LogP contribution in [0.2, 0.25) is 0 Å². The van der Waals surface area contributed by atoms with Crippen LogP contribution in [0.25, 0.3) is 0 Å². The van der Waals surface area contributed by atoms with Crippen LogP contribution in [-0.4, -0.2) is 30.2 Å². The number of hydrogen-bond acceptors (Lipinski definition) is 4. The second-order valence-electron chi connectivity index (χ2n) is 4.49. The minimum absolute atomic E-state index is 0.396. The van der Waals surface area contributed by atoms with Crippen LogP contribution in [0.15, 0.2) is 23.7 Å². The predicted octanol–water partition coefficient (Wildman–Crippen LogP) is 1.57. The van der Waals surface area contributed by atoms with Crippen molar-refractivity contribution in [1.29, 1.82) is 0 Å². The maximum Gasteiger partial charge on any atom is 0.414 e. The molecule has 90 valence electrons. The molecule has 0 saturated carbocycles. The minimum Gasteiger partial charge on any atom is -0.493 e. The number of amides is 1. The Balaban J connectivity index is 2.71. The van der Waals surface area contributed by atoms with E-state index in [-0.39, 0.29) is 0 Å². The highest BCUT2D eigenvalue weighted by Gasteiger charge is 2.23. The van der Waals surface area contributed by atoms with Gasteiger partial charge in [0.1, 0.15) is 5.60 Å². The van der Waals surface area contributed by atoms with E-state index in [0.29, 0.717) is 18.0 Å². The first kappa shape index (κ1) is 12.4. The molecule has 0 radical (unpaired) electrons. The Bertz CT molecular complexity index is 340. The Kier molecular flexibility index (Phi) is 3.47. The van der Waals surface area contributed by atoms with E-state index in [2.05, 4.69) is 0 Å². The maximum atomic E-state index is 11.7. The lowest BCUT2D eigenvalue weighted by molar-refractivity contribution is 0.0341. The molecule has 0 spiro atoms. The molecule has 0 saturated heterocycles. The van der Waals surface area contributed by atoms with E-state index >= 15 is 0 Å². The molecular weight excluding hydrogens is 208 g/mol. The number of carbonyl (C=O) groups is 1. The highest BCUT2D eigenvalue weighted by atomic mass is 16.6. The van der Waals surface area contributed by atoms with Crippen LogP contribution in [0.4, 0.5) is 4.79 Å². The van der Waals surface area contributed by atoms with Crippen LogP contribution in [-0.2, 0) is 9.47 Å². The summed E-state index contributed by atoms with van der Waals surface area (Å²) >= 11 is 0. The zero-order valence-corrected chi connectivity index (χ0v) is 10.1. The van der Waals surface area contributed by atoms with E-state index in [1.165, 1.54) is 12.0 Å². The lowest BCUT2D eigenvalue weighted by atomic mass is 10.2. The molecule has 1 rings (SSSR count). The average molecular weight is 226 g/mol. The molecule has 0 aromatic rings. The van der Waals surface area contributed by atoms with Crippen molar-refractivity contribution < 1.29 is 14.3 Å². The van der Waals surface area contributed by atoms with E-state index in [1.54, 1.807) is 12.3 Å². The van der Waals surface area contributed by atoms with Gasteiger partial charge in [-0.25, -0.2) is 4.79 Å². The van der Waals surface area contributed by atoms with E-state index < -0.39 is 11.7 Å². The summed E-state index contributed by atoms with van der Waals surface area (Å²) in [5, 5.41) is 0. The number of ether oxygens (including phenoxy) is 2. The molecule has 1 aliphatic heterocycles. The highest BCUT2D eigenvalue weighted by molar-refractivity contribution is 5.70. The molecular formula is C11H18N2O3. The zero-order valence-electron chi connectivity index (χ0n) is 10.1. The smallest absolute Gasteiger partial charge is 0.414 e. The third-order valence-corrected chi connectivity index (χ3v) is 1.91. The summed E-state index contributed by atoms with van der Waals surface area (Å²) in [7, 11) is 1.51. The zero-order chi connectivity index (χ0) is 12.3. The monoisotopic (exact) mass is 226 g/mol. The standard InChI is InChI=1S/C11H18N2O3/c1-11(2,3)16-10(14)13-6-5-8(12)9(7-13)15-4/h5,7H,6,12H2,1-4H3. The van der Waals surface area contributed by atoms with Crippen LogP contribution < -0.4 is 5.73 Å². The van der Waals surface area contributed by atoms with Crippen molar-refractivity contribution in [3.63, 3.8) is 0 Å². The van der Waals surface area contributed by atoms with Crippen LogP contribution in [0.3, 0.4) is 0 Å². The van der Waals surface area contributed by atoms with Gasteiger partial charge in [-0.1, -0.05) is 0 Å². The highest BCUT2D eigenvalue weighted by Crippen LogP contribution is 2.16. The third-order valence-electron chi connectivity index (χ3n) is 1.91. The molecule has 0 atom stereocenters. The molecule has 1 heterocycles. The van der Waals surface area contributed by atoms with Gasteiger partial charge in [-0.15, -0.1) is 0 Å². The van der Waals surface area contributed by atoms with Gasteiger partial charge >= 0.3 is 6.09 Å². The molecule has 1 aliphatic rings. The Hall–Kier alpha value is -1.65. The van der Waals surface area contributed by atoms with E-state index in [1.807, 2.05) is 20.8 Å². The molecule has 5 heteroatoms. The van der Waals surface area contributed by atoms with Crippen LogP contribution in [0.5, 0.6) is 0 Å². The van der Waals surface area contributed by atoms with Crippen molar-refractivity contribution in [2.45, 2.75) is 26.4 Å². The van der Waals surface area contributed by atoms with Crippen LogP contribution in [0.1, 0.15) is 20.8 Å². The van der Waals surface area contributed by atoms with Crippen molar-refractivity contribution >= 4 is 6.09 Å². The Morgan fingerprint density at radius 3 is 2.62 bits per heavy atom. The van der Waals surface area contributed by atoms with Gasteiger partial charge < -0.3 is 15.2 Å². The number of carbonyl (C=O) groups excluding carboxylic acids is 1. The van der Waals surface area contributed by atoms with Gasteiger partial charge in [0, 0.05) is 6.54 Å². The van der Waals surface area contributed by atoms with Gasteiger partial charge in [-0.2, -0.15) is 0 Å². The average Bonchev–Trinajstić information content (AvgIpc) is 2.15. The van der Waals surface area contributed by atoms with Crippen molar-refractivity contribution in [2.24, 2.45) is 5.73 Å². The Morgan fingerprint density at radius 1 is 1.50 bits per heavy atom. The molecule has 0 fully saturated rings. The fraction of sp³-hybridized carbons (Fsp3) is 0.545. The van der Waals surface area contributed by atoms with Gasteiger partial charge in [0.05, 0.1) is 19.0 Å². The predicted molar refractivity (Wildman–Crippen MR) is 60.3 cm³/mol. The lowest BCUT2D eigenvalue weighted by Gasteiger charge is -2.26. The Morgan fingerprint density at radius 2 is 2.12 bits per heavy atom. The largest absolute Gasteiger partial charge is 0.493 e. The van der Waals surface area contributed by atoms with Crippen molar-refractivity contribution in [3.05, 3.63) is 23.7 Å². The van der Waals surface area contributed by atoms with Gasteiger partial charge in [-0.3, -0.25) is 4.90 Å². The second kappa shape index (κ2) is 4.47. The molecule has 0 aliphatic carbocycles. The number of rotatable bonds is 1. The molecule has 0 aromatic heterocycles. The number of hydrogen-bond donors (Lipinski definition) is 1. The quantitative estimate of drug-likeness (QED) is 0.737. The SMILES string of the molecule is COC1=CN(C(=O)OC(C)(C)C)CC=C1N. The summed E-state index contributed by atoms with van der Waals surface area (Å²) in [6.45, 7) is 5.85. The van der Waals surface area contributed by atoms with Gasteiger partial charge in [0.15, 0.2) is 5.76 Å². The normalized spacial score (nSPS) is 16.4. The lowest BCUT2D eigenvalue weighted by Crippen LogP contribution is -2.35. The summed E-state index contributed by atoms with van der Waals surface area (Å²) in [5.74, 6) is 0.470. The van der Waals surface area contributed by atoms with E-state index in [9.17, 15) is 4.79 Å². The molecule has 0 unspecified atom stereocenters. The van der Waals surface area contributed by atoms with E-state index in [4.69, 9.17) is 15.2 Å². The number of methoxy groups -OCH3 is 1. The fourth-order valence-electron chi connectivity index (χ4n) is 1.18. The van der Waals surface area contributed by atoms with Gasteiger partial charge in [0.25, 0.3) is 0 Å². The van der Waals surface area contributed by atoms with E-state index in [0.717, 1.165) is 0 Å². The number of nitrogens with two attached hydrogens (primary N) is 1. The van der Waals surface area contributed by atoms with Crippen LogP contribution >= 0.6 is 0 Å². The topological polar surface area (TPSA) is 64.8 Å². The van der Waals surface area contributed by atoms with Crippen molar-refractivity contribution in [3.8, 4) is 0 Å². The summed E-state index contributed by atoms with van der Waals surface area (Å²) in [5.41, 5.74) is 5.69. The first-order valence-electron chi connectivity index (χ1n) is 5.05. The van der Waals surface area contributed by atoms with Gasteiger partial charge in [0.2, 0.25) is 0 Å².